The van der Waals surface area contributed by atoms with Crippen LogP contribution in [0.2, 0.25) is 0 Å². The van der Waals surface area contributed by atoms with Crippen LogP contribution in [0.1, 0.15) is 48.7 Å². The first-order valence-electron chi connectivity index (χ1n) is 6.91. The highest BCUT2D eigenvalue weighted by Gasteiger charge is 2.35. The quantitative estimate of drug-likeness (QED) is 0.876. The number of pyridine rings is 1. The number of amides is 1. The molecule has 0 radical (unpaired) electrons. The van der Waals surface area contributed by atoms with Crippen LogP contribution in [0.3, 0.4) is 0 Å². The maximum Gasteiger partial charge on any atom is 0.270 e. The van der Waals surface area contributed by atoms with Crippen LogP contribution in [0.4, 0.5) is 0 Å². The second-order valence-electron chi connectivity index (χ2n) is 5.74. The number of aryl methyl sites for hydroxylation is 1. The van der Waals surface area contributed by atoms with Gasteiger partial charge < -0.3 is 10.4 Å². The maximum atomic E-state index is 12.3. The smallest absolute Gasteiger partial charge is 0.270 e. The molecule has 0 aliphatic heterocycles. The molecule has 19 heavy (non-hydrogen) atoms. The van der Waals surface area contributed by atoms with Crippen LogP contribution >= 0.6 is 0 Å². The lowest BCUT2D eigenvalue weighted by Gasteiger charge is -2.38. The third kappa shape index (κ3) is 3.13. The third-order valence-corrected chi connectivity index (χ3v) is 4.14. The summed E-state index contributed by atoms with van der Waals surface area (Å²) in [6.45, 7) is 4.08. The Kier molecular flexibility index (Phi) is 4.20. The van der Waals surface area contributed by atoms with Crippen LogP contribution < -0.4 is 5.32 Å². The maximum absolute atomic E-state index is 12.3. The summed E-state index contributed by atoms with van der Waals surface area (Å²) in [5.74, 6) is 0.495. The summed E-state index contributed by atoms with van der Waals surface area (Å²) in [5, 5.41) is 12.7. The minimum absolute atomic E-state index is 0.00264. The molecule has 0 spiro atoms. The second kappa shape index (κ2) is 5.70. The highest BCUT2D eigenvalue weighted by atomic mass is 16.3. The van der Waals surface area contributed by atoms with Crippen LogP contribution in [-0.2, 0) is 0 Å². The Bertz CT molecular complexity index is 451. The van der Waals surface area contributed by atoms with Gasteiger partial charge in [0.15, 0.2) is 0 Å². The van der Waals surface area contributed by atoms with Crippen molar-refractivity contribution in [3.8, 4) is 0 Å². The number of aliphatic hydroxyl groups excluding tert-OH is 1. The molecule has 2 rings (SSSR count). The van der Waals surface area contributed by atoms with E-state index < -0.39 is 5.54 Å². The van der Waals surface area contributed by atoms with E-state index in [9.17, 15) is 9.90 Å². The lowest BCUT2D eigenvalue weighted by molar-refractivity contribution is 0.0712. The second-order valence-corrected chi connectivity index (χ2v) is 5.74. The first kappa shape index (κ1) is 14.0. The Hall–Kier alpha value is -1.42. The van der Waals surface area contributed by atoms with E-state index in [4.69, 9.17) is 0 Å². The molecule has 1 aromatic rings. The summed E-state index contributed by atoms with van der Waals surface area (Å²) in [6.07, 6.45) is 5.38. The van der Waals surface area contributed by atoms with Crippen molar-refractivity contribution in [2.24, 2.45) is 5.92 Å². The normalized spacial score (nSPS) is 27.0. The molecule has 4 heteroatoms. The minimum atomic E-state index is -0.465. The Morgan fingerprint density at radius 2 is 2.21 bits per heavy atom. The molecule has 0 saturated heterocycles. The molecular formula is C15H22N2O2. The average molecular weight is 262 g/mol. The van der Waals surface area contributed by atoms with Crippen molar-refractivity contribution in [2.75, 3.05) is 6.61 Å². The van der Waals surface area contributed by atoms with E-state index >= 15 is 0 Å². The van der Waals surface area contributed by atoms with Gasteiger partial charge in [-0.3, -0.25) is 9.78 Å². The Morgan fingerprint density at radius 3 is 2.79 bits per heavy atom. The van der Waals surface area contributed by atoms with Crippen LogP contribution in [-0.4, -0.2) is 28.1 Å². The zero-order chi connectivity index (χ0) is 13.9. The fraction of sp³-hybridized carbons (Fsp3) is 0.600. The van der Waals surface area contributed by atoms with Gasteiger partial charge in [-0.1, -0.05) is 13.0 Å². The van der Waals surface area contributed by atoms with E-state index in [0.29, 0.717) is 11.6 Å². The molecule has 1 fully saturated rings. The number of carbonyl (C=O) groups excluding carboxylic acids is 1. The predicted molar refractivity (Wildman–Crippen MR) is 73.9 cm³/mol. The largest absolute Gasteiger partial charge is 0.394 e. The number of hydrogen-bond acceptors (Lipinski definition) is 3. The summed E-state index contributed by atoms with van der Waals surface area (Å²) in [6, 6.07) is 3.69. The average Bonchev–Trinajstić information content (AvgIpc) is 2.42. The molecule has 104 valence electrons. The number of aliphatic hydroxyl groups is 1. The van der Waals surface area contributed by atoms with Gasteiger partial charge in [0.1, 0.15) is 5.69 Å². The predicted octanol–water partition coefficient (Wildman–Crippen LogP) is 2.06. The zero-order valence-corrected chi connectivity index (χ0v) is 11.6. The zero-order valence-electron chi connectivity index (χ0n) is 11.6. The molecule has 1 aliphatic carbocycles. The summed E-state index contributed by atoms with van der Waals surface area (Å²) < 4.78 is 0. The van der Waals surface area contributed by atoms with Crippen LogP contribution in [0.5, 0.6) is 0 Å². The number of rotatable bonds is 3. The van der Waals surface area contributed by atoms with E-state index in [1.165, 1.54) is 0 Å². The molecular weight excluding hydrogens is 240 g/mol. The van der Waals surface area contributed by atoms with E-state index in [2.05, 4.69) is 17.2 Å². The molecule has 0 bridgehead atoms. The van der Waals surface area contributed by atoms with Crippen molar-refractivity contribution in [3.63, 3.8) is 0 Å². The highest BCUT2D eigenvalue weighted by molar-refractivity contribution is 5.94. The van der Waals surface area contributed by atoms with E-state index in [1.54, 1.807) is 6.20 Å². The molecule has 0 unspecified atom stereocenters. The molecule has 0 aromatic carbocycles. The molecule has 1 aromatic heterocycles. The van der Waals surface area contributed by atoms with Gasteiger partial charge in [-0.05, 0) is 50.2 Å². The standard InChI is InChI=1S/C15H22N2O2/c1-11-5-7-15(10-18,8-6-11)17-14(19)13-12(2)4-3-9-16-13/h3-4,9,11,18H,5-8,10H2,1-2H3,(H,17,19). The summed E-state index contributed by atoms with van der Waals surface area (Å²) >= 11 is 0. The van der Waals surface area contributed by atoms with Gasteiger partial charge in [-0.2, -0.15) is 0 Å². The van der Waals surface area contributed by atoms with Crippen LogP contribution in [0, 0.1) is 12.8 Å². The third-order valence-electron chi connectivity index (χ3n) is 4.14. The van der Waals surface area contributed by atoms with Gasteiger partial charge in [0.05, 0.1) is 12.1 Å². The first-order chi connectivity index (χ1) is 9.06. The Balaban J connectivity index is 2.11. The van der Waals surface area contributed by atoms with Crippen molar-refractivity contribution in [1.82, 2.24) is 10.3 Å². The molecule has 1 heterocycles. The Labute approximate surface area is 114 Å². The van der Waals surface area contributed by atoms with Gasteiger partial charge in [-0.15, -0.1) is 0 Å². The van der Waals surface area contributed by atoms with Gasteiger partial charge in [0.2, 0.25) is 0 Å². The van der Waals surface area contributed by atoms with Crippen molar-refractivity contribution < 1.29 is 9.90 Å². The molecule has 1 amide bonds. The van der Waals surface area contributed by atoms with Gasteiger partial charge in [-0.25, -0.2) is 0 Å². The SMILES string of the molecule is Cc1cccnc1C(=O)NC1(CO)CCC(C)CC1. The summed E-state index contributed by atoms with van der Waals surface area (Å²) in [5.41, 5.74) is 0.847. The van der Waals surface area contributed by atoms with Crippen LogP contribution in [0.25, 0.3) is 0 Å². The molecule has 1 aliphatic rings. The van der Waals surface area contributed by atoms with E-state index in [-0.39, 0.29) is 12.5 Å². The van der Waals surface area contributed by atoms with Crippen molar-refractivity contribution in [3.05, 3.63) is 29.6 Å². The fourth-order valence-corrected chi connectivity index (χ4v) is 2.66. The van der Waals surface area contributed by atoms with Crippen molar-refractivity contribution >= 4 is 5.91 Å². The Morgan fingerprint density at radius 1 is 1.53 bits per heavy atom. The molecule has 4 nitrogen and oxygen atoms in total. The first-order valence-corrected chi connectivity index (χ1v) is 6.91. The van der Waals surface area contributed by atoms with E-state index in [1.807, 2.05) is 19.1 Å². The summed E-state index contributed by atoms with van der Waals surface area (Å²) in [7, 11) is 0. The highest BCUT2D eigenvalue weighted by Crippen LogP contribution is 2.31. The van der Waals surface area contributed by atoms with E-state index in [0.717, 1.165) is 31.2 Å². The molecule has 0 atom stereocenters. The van der Waals surface area contributed by atoms with Gasteiger partial charge in [0.25, 0.3) is 5.91 Å². The van der Waals surface area contributed by atoms with Crippen molar-refractivity contribution in [2.45, 2.75) is 45.1 Å². The number of nitrogens with zero attached hydrogens (tertiary/aromatic N) is 1. The summed E-state index contributed by atoms with van der Waals surface area (Å²) in [4.78, 5) is 16.4. The van der Waals surface area contributed by atoms with Crippen LogP contribution in [0.15, 0.2) is 18.3 Å². The number of aromatic nitrogens is 1. The number of carbonyl (C=O) groups is 1. The monoisotopic (exact) mass is 262 g/mol. The minimum Gasteiger partial charge on any atom is -0.394 e. The molecule has 2 N–H and O–H groups in total. The lowest BCUT2D eigenvalue weighted by Crippen LogP contribution is -2.53. The van der Waals surface area contributed by atoms with Crippen molar-refractivity contribution in [1.29, 1.82) is 0 Å². The number of nitrogens with one attached hydrogen (secondary N) is 1. The van der Waals surface area contributed by atoms with Gasteiger partial charge in [0, 0.05) is 6.20 Å². The lowest BCUT2D eigenvalue weighted by atomic mass is 9.77. The fourth-order valence-electron chi connectivity index (χ4n) is 2.66. The topological polar surface area (TPSA) is 62.2 Å². The number of hydrogen-bond donors (Lipinski definition) is 2. The molecule has 1 saturated carbocycles. The van der Waals surface area contributed by atoms with Gasteiger partial charge >= 0.3 is 0 Å².